The molecule has 9 heteroatoms. The lowest BCUT2D eigenvalue weighted by atomic mass is 10.2. The summed E-state index contributed by atoms with van der Waals surface area (Å²) in [6.07, 6.45) is 1.53. The first-order chi connectivity index (χ1) is 18.1. The van der Waals surface area contributed by atoms with Crippen LogP contribution in [0.4, 0.5) is 10.1 Å². The van der Waals surface area contributed by atoms with Gasteiger partial charge in [-0.05, 0) is 87.9 Å². The Bertz CT molecular complexity index is 1590. The maximum absolute atomic E-state index is 13.5. The largest absolute Gasteiger partial charge is 0.318 e. The molecule has 0 aliphatic heterocycles. The van der Waals surface area contributed by atoms with Crippen molar-refractivity contribution in [2.75, 3.05) is 10.8 Å². The van der Waals surface area contributed by atoms with Crippen LogP contribution in [0.3, 0.4) is 0 Å². The van der Waals surface area contributed by atoms with Gasteiger partial charge in [-0.3, -0.25) is 9.10 Å². The van der Waals surface area contributed by atoms with Gasteiger partial charge in [-0.15, -0.1) is 0 Å². The van der Waals surface area contributed by atoms with Gasteiger partial charge in [-0.1, -0.05) is 29.8 Å². The summed E-state index contributed by atoms with van der Waals surface area (Å²) in [6.45, 7) is 7.29. The van der Waals surface area contributed by atoms with Crippen molar-refractivity contribution >= 4 is 27.8 Å². The van der Waals surface area contributed by atoms with Crippen LogP contribution in [0.25, 0.3) is 5.69 Å². The van der Waals surface area contributed by atoms with E-state index in [0.29, 0.717) is 0 Å². The summed E-state index contributed by atoms with van der Waals surface area (Å²) in [7, 11) is -4.10. The van der Waals surface area contributed by atoms with Crippen LogP contribution in [0.15, 0.2) is 88.9 Å². The smallest absolute Gasteiger partial charge is 0.264 e. The molecule has 0 bridgehead atoms. The zero-order valence-electron chi connectivity index (χ0n) is 21.6. The molecule has 1 heterocycles. The highest BCUT2D eigenvalue weighted by atomic mass is 32.2. The van der Waals surface area contributed by atoms with Gasteiger partial charge in [0.1, 0.15) is 12.4 Å². The molecule has 0 fully saturated rings. The number of hydrogen-bond donors (Lipinski definition) is 1. The molecule has 1 amide bonds. The van der Waals surface area contributed by atoms with Crippen molar-refractivity contribution in [2.45, 2.75) is 32.6 Å². The Labute approximate surface area is 222 Å². The summed E-state index contributed by atoms with van der Waals surface area (Å²) in [5.41, 5.74) is 8.41. The summed E-state index contributed by atoms with van der Waals surface area (Å²) in [5.74, 6) is -1.16. The first-order valence-corrected chi connectivity index (χ1v) is 13.4. The van der Waals surface area contributed by atoms with Crippen LogP contribution in [-0.2, 0) is 14.8 Å². The Balaban J connectivity index is 1.55. The molecule has 0 saturated heterocycles. The Morgan fingerprint density at radius 3 is 2.29 bits per heavy atom. The van der Waals surface area contributed by atoms with E-state index < -0.39 is 28.3 Å². The third kappa shape index (κ3) is 5.84. The van der Waals surface area contributed by atoms with Crippen molar-refractivity contribution < 1.29 is 17.6 Å². The summed E-state index contributed by atoms with van der Waals surface area (Å²) >= 11 is 0. The zero-order chi connectivity index (χ0) is 27.4. The fourth-order valence-electron chi connectivity index (χ4n) is 4.18. The Hall–Kier alpha value is -4.24. The molecule has 1 N–H and O–H groups in total. The van der Waals surface area contributed by atoms with Crippen molar-refractivity contribution in [1.29, 1.82) is 0 Å². The minimum Gasteiger partial charge on any atom is -0.318 e. The summed E-state index contributed by atoms with van der Waals surface area (Å²) in [6, 6.07) is 21.3. The van der Waals surface area contributed by atoms with Crippen LogP contribution in [0.1, 0.15) is 28.1 Å². The number of aryl methyl sites for hydroxylation is 3. The predicted octanol–water partition coefficient (Wildman–Crippen LogP) is 5.20. The lowest BCUT2D eigenvalue weighted by Crippen LogP contribution is -2.39. The second-order valence-electron chi connectivity index (χ2n) is 9.10. The molecule has 0 spiro atoms. The fourth-order valence-corrected chi connectivity index (χ4v) is 5.60. The van der Waals surface area contributed by atoms with Crippen molar-refractivity contribution in [1.82, 2.24) is 9.99 Å². The quantitative estimate of drug-likeness (QED) is 0.250. The number of rotatable bonds is 8. The van der Waals surface area contributed by atoms with Crippen LogP contribution in [0, 0.1) is 33.5 Å². The average Bonchev–Trinajstić information content (AvgIpc) is 3.16. The van der Waals surface area contributed by atoms with Gasteiger partial charge in [0, 0.05) is 22.6 Å². The average molecular weight is 533 g/mol. The maximum Gasteiger partial charge on any atom is 0.264 e. The maximum atomic E-state index is 13.5. The molecule has 196 valence electrons. The minimum absolute atomic E-state index is 0.0207. The number of nitrogens with one attached hydrogen (secondary N) is 1. The third-order valence-corrected chi connectivity index (χ3v) is 7.92. The van der Waals surface area contributed by atoms with Gasteiger partial charge in [0.05, 0.1) is 16.8 Å². The number of hydrogen-bond acceptors (Lipinski definition) is 4. The van der Waals surface area contributed by atoms with E-state index in [1.165, 1.54) is 30.5 Å². The summed E-state index contributed by atoms with van der Waals surface area (Å²) in [5, 5.41) is 4.08. The normalized spacial score (nSPS) is 11.6. The number of amides is 1. The van der Waals surface area contributed by atoms with Gasteiger partial charge < -0.3 is 4.57 Å². The second-order valence-corrected chi connectivity index (χ2v) is 11.0. The minimum atomic E-state index is -4.10. The zero-order valence-corrected chi connectivity index (χ0v) is 22.5. The molecule has 0 unspecified atom stereocenters. The predicted molar refractivity (Wildman–Crippen MR) is 148 cm³/mol. The number of anilines is 1. The van der Waals surface area contributed by atoms with Gasteiger partial charge in [-0.25, -0.2) is 18.2 Å². The Morgan fingerprint density at radius 2 is 1.63 bits per heavy atom. The summed E-state index contributed by atoms with van der Waals surface area (Å²) < 4.78 is 43.4. The van der Waals surface area contributed by atoms with Crippen LogP contribution in [0.5, 0.6) is 0 Å². The third-order valence-electron chi connectivity index (χ3n) is 6.13. The molecule has 38 heavy (non-hydrogen) atoms. The van der Waals surface area contributed by atoms with Crippen molar-refractivity contribution in [3.63, 3.8) is 0 Å². The van der Waals surface area contributed by atoms with Crippen molar-refractivity contribution in [3.05, 3.63) is 113 Å². The lowest BCUT2D eigenvalue weighted by Gasteiger charge is -2.23. The highest BCUT2D eigenvalue weighted by Gasteiger charge is 2.27. The first-order valence-electron chi connectivity index (χ1n) is 12.0. The van der Waals surface area contributed by atoms with E-state index in [9.17, 15) is 17.6 Å². The molecule has 0 aliphatic rings. The molecule has 4 rings (SSSR count). The van der Waals surface area contributed by atoms with Crippen LogP contribution >= 0.6 is 0 Å². The number of sulfonamides is 1. The van der Waals surface area contributed by atoms with Crippen LogP contribution in [0.2, 0.25) is 0 Å². The number of benzene rings is 3. The van der Waals surface area contributed by atoms with E-state index in [-0.39, 0.29) is 10.6 Å². The number of halogens is 1. The molecule has 0 atom stereocenters. The van der Waals surface area contributed by atoms with Gasteiger partial charge in [-0.2, -0.15) is 5.10 Å². The molecular weight excluding hydrogens is 503 g/mol. The van der Waals surface area contributed by atoms with Gasteiger partial charge >= 0.3 is 0 Å². The van der Waals surface area contributed by atoms with Gasteiger partial charge in [0.2, 0.25) is 0 Å². The van der Waals surface area contributed by atoms with Crippen LogP contribution < -0.4 is 9.73 Å². The molecule has 1 aromatic heterocycles. The van der Waals surface area contributed by atoms with E-state index >= 15 is 0 Å². The standard InChI is InChI=1S/C29H29FN4O3S/c1-20-8-14-28(15-9-20)38(36,37)33(26-12-10-25(30)11-13-26)19-29(35)32-31-18-24-17-22(3)34(23(24)4)27-7-5-6-21(2)16-27/h5-18H,19H2,1-4H3,(H,32,35)/b31-18-. The summed E-state index contributed by atoms with van der Waals surface area (Å²) in [4.78, 5) is 12.8. The van der Waals surface area contributed by atoms with E-state index in [1.807, 2.05) is 52.0 Å². The molecule has 0 radical (unpaired) electrons. The van der Waals surface area contributed by atoms with E-state index in [1.54, 1.807) is 12.1 Å². The number of carbonyl (C=O) groups excluding carboxylic acids is 1. The van der Waals surface area contributed by atoms with E-state index in [0.717, 1.165) is 50.2 Å². The Morgan fingerprint density at radius 1 is 0.947 bits per heavy atom. The monoisotopic (exact) mass is 532 g/mol. The molecule has 7 nitrogen and oxygen atoms in total. The highest BCUT2D eigenvalue weighted by Crippen LogP contribution is 2.24. The van der Waals surface area contributed by atoms with Gasteiger partial charge in [0.25, 0.3) is 15.9 Å². The topological polar surface area (TPSA) is 83.8 Å². The highest BCUT2D eigenvalue weighted by molar-refractivity contribution is 7.92. The number of nitrogens with zero attached hydrogens (tertiary/aromatic N) is 3. The number of carbonyl (C=O) groups is 1. The number of hydrazone groups is 1. The van der Waals surface area contributed by atoms with Crippen molar-refractivity contribution in [2.24, 2.45) is 5.10 Å². The van der Waals surface area contributed by atoms with Gasteiger partial charge in [0.15, 0.2) is 0 Å². The fraction of sp³-hybridized carbons (Fsp3) is 0.172. The molecule has 0 aliphatic carbocycles. The molecular formula is C29H29FN4O3S. The van der Waals surface area contributed by atoms with Crippen LogP contribution in [-0.4, -0.2) is 31.7 Å². The Kier molecular flexibility index (Phi) is 7.78. The van der Waals surface area contributed by atoms with Crippen molar-refractivity contribution in [3.8, 4) is 5.69 Å². The lowest BCUT2D eigenvalue weighted by molar-refractivity contribution is -0.119. The molecule has 4 aromatic rings. The second kappa shape index (κ2) is 11.0. The van der Waals surface area contributed by atoms with E-state index in [2.05, 4.69) is 21.2 Å². The SMILES string of the molecule is Cc1ccc(S(=O)(=O)N(CC(=O)N/N=C\c2cc(C)n(-c3cccc(C)c3)c2C)c2ccc(F)cc2)cc1. The first kappa shape index (κ1) is 26.8. The molecule has 3 aromatic carbocycles. The number of aromatic nitrogens is 1. The molecule has 0 saturated carbocycles. The van der Waals surface area contributed by atoms with E-state index in [4.69, 9.17) is 0 Å².